The van der Waals surface area contributed by atoms with Crippen LogP contribution >= 0.6 is 11.6 Å². The van der Waals surface area contributed by atoms with Crippen LogP contribution in [-0.4, -0.2) is 42.5 Å². The van der Waals surface area contributed by atoms with Crippen LogP contribution in [0.4, 0.5) is 0 Å². The van der Waals surface area contributed by atoms with E-state index in [4.69, 9.17) is 20.8 Å². The monoisotopic (exact) mass is 453 g/mol. The number of carbonyl (C=O) groups is 1. The lowest BCUT2D eigenvalue weighted by atomic mass is 10.0. The molecule has 6 nitrogen and oxygen atoms in total. The van der Waals surface area contributed by atoms with Crippen molar-refractivity contribution in [1.82, 2.24) is 15.2 Å². The second kappa shape index (κ2) is 10.7. The van der Waals surface area contributed by atoms with E-state index in [2.05, 4.69) is 21.3 Å². The molecule has 1 atom stereocenters. The van der Waals surface area contributed by atoms with E-state index in [-0.39, 0.29) is 11.9 Å². The van der Waals surface area contributed by atoms with Gasteiger partial charge >= 0.3 is 0 Å². The highest BCUT2D eigenvalue weighted by molar-refractivity contribution is 6.30. The van der Waals surface area contributed by atoms with Crippen molar-refractivity contribution in [2.45, 2.75) is 31.7 Å². The summed E-state index contributed by atoms with van der Waals surface area (Å²) in [6, 6.07) is 15.5. The van der Waals surface area contributed by atoms with Gasteiger partial charge in [-0.3, -0.25) is 9.69 Å². The third-order valence-corrected chi connectivity index (χ3v) is 6.07. The van der Waals surface area contributed by atoms with Crippen molar-refractivity contribution >= 4 is 17.5 Å². The van der Waals surface area contributed by atoms with Crippen LogP contribution in [0.25, 0.3) is 11.3 Å². The Kier molecular flexibility index (Phi) is 7.45. The summed E-state index contributed by atoms with van der Waals surface area (Å²) in [6.07, 6.45) is 4.81. The van der Waals surface area contributed by atoms with E-state index in [0.29, 0.717) is 36.1 Å². The number of aryl methyl sites for hydroxylation is 1. The SMILES string of the molecule is COc1ccccc1C(CNC(=O)CCc1ncc(-c2ccc(Cl)cc2)o1)N1CCCC1. The Hall–Kier alpha value is -2.83. The molecule has 2 aromatic carbocycles. The van der Waals surface area contributed by atoms with Crippen molar-refractivity contribution in [3.63, 3.8) is 0 Å². The molecule has 0 saturated carbocycles. The number of likely N-dealkylation sites (tertiary alicyclic amines) is 1. The molecule has 1 aromatic heterocycles. The number of nitrogens with zero attached hydrogens (tertiary/aromatic N) is 2. The molecule has 1 N–H and O–H groups in total. The largest absolute Gasteiger partial charge is 0.496 e. The first-order valence-corrected chi connectivity index (χ1v) is 11.4. The number of oxazole rings is 1. The summed E-state index contributed by atoms with van der Waals surface area (Å²) in [5.41, 5.74) is 2.01. The van der Waals surface area contributed by atoms with Crippen LogP contribution in [0.15, 0.2) is 59.1 Å². The number of amides is 1. The summed E-state index contributed by atoms with van der Waals surface area (Å²) in [7, 11) is 1.69. The fourth-order valence-corrected chi connectivity index (χ4v) is 4.25. The summed E-state index contributed by atoms with van der Waals surface area (Å²) in [5.74, 6) is 2.05. The van der Waals surface area contributed by atoms with Crippen molar-refractivity contribution in [3.8, 4) is 17.1 Å². The van der Waals surface area contributed by atoms with Gasteiger partial charge in [-0.25, -0.2) is 4.98 Å². The van der Waals surface area contributed by atoms with Crippen LogP contribution in [-0.2, 0) is 11.2 Å². The minimum atomic E-state index is -0.0182. The van der Waals surface area contributed by atoms with Crippen molar-refractivity contribution in [1.29, 1.82) is 0 Å². The quantitative estimate of drug-likeness (QED) is 0.499. The number of hydrogen-bond donors (Lipinski definition) is 1. The van der Waals surface area contributed by atoms with Crippen LogP contribution in [0.1, 0.15) is 36.8 Å². The first kappa shape index (κ1) is 22.4. The third kappa shape index (κ3) is 5.50. The number of para-hydroxylation sites is 1. The van der Waals surface area contributed by atoms with E-state index in [1.807, 2.05) is 42.5 Å². The number of halogens is 1. The zero-order chi connectivity index (χ0) is 22.3. The van der Waals surface area contributed by atoms with Gasteiger partial charge in [0.05, 0.1) is 19.3 Å². The number of aromatic nitrogens is 1. The maximum absolute atomic E-state index is 12.6. The first-order valence-electron chi connectivity index (χ1n) is 11.0. The molecular weight excluding hydrogens is 426 g/mol. The second-order valence-corrected chi connectivity index (χ2v) is 8.37. The molecule has 1 fully saturated rings. The number of hydrogen-bond acceptors (Lipinski definition) is 5. The minimum absolute atomic E-state index is 0.0182. The first-order chi connectivity index (χ1) is 15.6. The summed E-state index contributed by atoms with van der Waals surface area (Å²) in [5, 5.41) is 3.78. The summed E-state index contributed by atoms with van der Waals surface area (Å²) < 4.78 is 11.4. The average Bonchev–Trinajstić information content (AvgIpc) is 3.51. The molecule has 168 valence electrons. The lowest BCUT2D eigenvalue weighted by Crippen LogP contribution is -2.37. The van der Waals surface area contributed by atoms with Crippen LogP contribution in [0.5, 0.6) is 5.75 Å². The van der Waals surface area contributed by atoms with Gasteiger partial charge < -0.3 is 14.5 Å². The average molecular weight is 454 g/mol. The van der Waals surface area contributed by atoms with Gasteiger partial charge in [0.2, 0.25) is 5.91 Å². The Morgan fingerprint density at radius 3 is 2.69 bits per heavy atom. The number of ether oxygens (including phenoxy) is 1. The maximum atomic E-state index is 12.6. The van der Waals surface area contributed by atoms with Crippen molar-refractivity contribution in [2.24, 2.45) is 0 Å². The van der Waals surface area contributed by atoms with Gasteiger partial charge in [0.1, 0.15) is 5.75 Å². The Morgan fingerprint density at radius 2 is 1.94 bits per heavy atom. The minimum Gasteiger partial charge on any atom is -0.496 e. The fourth-order valence-electron chi connectivity index (χ4n) is 4.12. The van der Waals surface area contributed by atoms with Crippen molar-refractivity contribution < 1.29 is 13.9 Å². The molecule has 1 aliphatic rings. The smallest absolute Gasteiger partial charge is 0.220 e. The topological polar surface area (TPSA) is 67.6 Å². The fraction of sp³-hybridized carbons (Fsp3) is 0.360. The van der Waals surface area contributed by atoms with E-state index in [1.54, 1.807) is 13.3 Å². The molecule has 0 spiro atoms. The van der Waals surface area contributed by atoms with Gasteiger partial charge in [-0.05, 0) is 56.3 Å². The number of nitrogens with one attached hydrogen (secondary N) is 1. The molecule has 32 heavy (non-hydrogen) atoms. The van der Waals surface area contributed by atoms with Gasteiger partial charge in [-0.15, -0.1) is 0 Å². The number of rotatable bonds is 9. The van der Waals surface area contributed by atoms with E-state index in [0.717, 1.165) is 30.0 Å². The Balaban J connectivity index is 1.34. The number of methoxy groups -OCH3 is 1. The van der Waals surface area contributed by atoms with Crippen LogP contribution in [0, 0.1) is 0 Å². The summed E-state index contributed by atoms with van der Waals surface area (Å²) in [6.45, 7) is 2.60. The summed E-state index contributed by atoms with van der Waals surface area (Å²) in [4.78, 5) is 19.3. The highest BCUT2D eigenvalue weighted by Crippen LogP contribution is 2.31. The van der Waals surface area contributed by atoms with Gasteiger partial charge in [0.25, 0.3) is 0 Å². The predicted octanol–water partition coefficient (Wildman–Crippen LogP) is 4.89. The van der Waals surface area contributed by atoms with E-state index in [1.165, 1.54) is 12.8 Å². The molecule has 0 radical (unpaired) electrons. The highest BCUT2D eigenvalue weighted by Gasteiger charge is 2.26. The van der Waals surface area contributed by atoms with Crippen LogP contribution in [0.3, 0.4) is 0 Å². The van der Waals surface area contributed by atoms with E-state index < -0.39 is 0 Å². The van der Waals surface area contributed by atoms with Gasteiger partial charge in [0, 0.05) is 35.5 Å². The van der Waals surface area contributed by atoms with Gasteiger partial charge in [-0.2, -0.15) is 0 Å². The van der Waals surface area contributed by atoms with E-state index >= 15 is 0 Å². The van der Waals surface area contributed by atoms with Crippen molar-refractivity contribution in [3.05, 3.63) is 71.2 Å². The zero-order valence-electron chi connectivity index (χ0n) is 18.2. The lowest BCUT2D eigenvalue weighted by molar-refractivity contribution is -0.121. The molecule has 2 heterocycles. The molecule has 0 aliphatic carbocycles. The Morgan fingerprint density at radius 1 is 1.19 bits per heavy atom. The number of carbonyl (C=O) groups excluding carboxylic acids is 1. The van der Waals surface area contributed by atoms with Gasteiger partial charge in [0.15, 0.2) is 11.7 Å². The zero-order valence-corrected chi connectivity index (χ0v) is 19.0. The highest BCUT2D eigenvalue weighted by atomic mass is 35.5. The maximum Gasteiger partial charge on any atom is 0.220 e. The van der Waals surface area contributed by atoms with E-state index in [9.17, 15) is 4.79 Å². The van der Waals surface area contributed by atoms with Crippen LogP contribution < -0.4 is 10.1 Å². The number of benzene rings is 2. The van der Waals surface area contributed by atoms with Crippen LogP contribution in [0.2, 0.25) is 5.02 Å². The molecule has 4 rings (SSSR count). The molecule has 0 bridgehead atoms. The predicted molar refractivity (Wildman–Crippen MR) is 125 cm³/mol. The molecule has 7 heteroatoms. The normalized spacial score (nSPS) is 14.9. The third-order valence-electron chi connectivity index (χ3n) is 5.82. The standard InChI is InChI=1S/C25H28ClN3O3/c1-31-22-7-3-2-6-20(22)21(29-14-4-5-15-29)16-27-24(30)12-13-25-28-17-23(32-25)18-8-10-19(26)11-9-18/h2-3,6-11,17,21H,4-5,12-16H2,1H3,(H,27,30). The molecule has 1 amide bonds. The molecular formula is C25H28ClN3O3. The summed E-state index contributed by atoms with van der Waals surface area (Å²) >= 11 is 5.94. The molecule has 1 unspecified atom stereocenters. The molecule has 1 aliphatic heterocycles. The Bertz CT molecular complexity index is 1030. The van der Waals surface area contributed by atoms with Crippen molar-refractivity contribution in [2.75, 3.05) is 26.7 Å². The molecule has 3 aromatic rings. The van der Waals surface area contributed by atoms with Gasteiger partial charge in [-0.1, -0.05) is 29.8 Å². The lowest BCUT2D eigenvalue weighted by Gasteiger charge is -2.29. The second-order valence-electron chi connectivity index (χ2n) is 7.93. The molecule has 1 saturated heterocycles. The Labute approximate surface area is 193 Å².